The molecule has 1 aliphatic heterocycles. The van der Waals surface area contributed by atoms with Gasteiger partial charge in [0.1, 0.15) is 6.61 Å². The Morgan fingerprint density at radius 3 is 2.52 bits per heavy atom. The summed E-state index contributed by atoms with van der Waals surface area (Å²) in [4.78, 5) is 12.1. The van der Waals surface area contributed by atoms with E-state index >= 15 is 0 Å². The summed E-state index contributed by atoms with van der Waals surface area (Å²) in [6, 6.07) is 16.5. The molecule has 4 heteroatoms. The van der Waals surface area contributed by atoms with Gasteiger partial charge in [-0.3, -0.25) is 4.79 Å². The van der Waals surface area contributed by atoms with Crippen molar-refractivity contribution in [2.45, 2.75) is 19.1 Å². The van der Waals surface area contributed by atoms with Gasteiger partial charge in [-0.25, -0.2) is 0 Å². The number of fused-ring (bicyclic) bond motifs is 1. The fourth-order valence-corrected chi connectivity index (χ4v) is 2.25. The van der Waals surface area contributed by atoms with Crippen molar-refractivity contribution in [3.8, 4) is 11.5 Å². The van der Waals surface area contributed by atoms with E-state index in [1.807, 2.05) is 49.4 Å². The molecule has 0 spiro atoms. The van der Waals surface area contributed by atoms with Gasteiger partial charge in [-0.1, -0.05) is 30.3 Å². The standard InChI is InChI=1S/C17H17NO3/c1-12(18-17(19)13-7-3-2-4-8-13)16-11-20-14-9-5-6-10-15(14)21-16/h2-10,12,16H,11H2,1H3,(H,18,19)/t12-,16-/m1/s1. The van der Waals surface area contributed by atoms with Crippen LogP contribution in [-0.2, 0) is 0 Å². The molecule has 0 radical (unpaired) electrons. The maximum Gasteiger partial charge on any atom is 0.251 e. The minimum absolute atomic E-state index is 0.106. The predicted molar refractivity (Wildman–Crippen MR) is 79.7 cm³/mol. The lowest BCUT2D eigenvalue weighted by atomic mass is 10.1. The fraction of sp³-hybridized carbons (Fsp3) is 0.235. The molecule has 4 nitrogen and oxygen atoms in total. The molecule has 21 heavy (non-hydrogen) atoms. The zero-order valence-corrected chi connectivity index (χ0v) is 11.8. The first-order valence-corrected chi connectivity index (χ1v) is 6.98. The summed E-state index contributed by atoms with van der Waals surface area (Å²) in [5, 5.41) is 2.95. The second kappa shape index (κ2) is 5.87. The maximum absolute atomic E-state index is 12.1. The van der Waals surface area contributed by atoms with E-state index in [9.17, 15) is 4.79 Å². The summed E-state index contributed by atoms with van der Waals surface area (Å²) in [7, 11) is 0. The lowest BCUT2D eigenvalue weighted by Crippen LogP contribution is -2.48. The number of amides is 1. The van der Waals surface area contributed by atoms with Crippen LogP contribution in [0.4, 0.5) is 0 Å². The van der Waals surface area contributed by atoms with Gasteiger partial charge in [-0.15, -0.1) is 0 Å². The van der Waals surface area contributed by atoms with Gasteiger partial charge in [0.2, 0.25) is 0 Å². The van der Waals surface area contributed by atoms with Crippen LogP contribution in [0.3, 0.4) is 0 Å². The predicted octanol–water partition coefficient (Wildman–Crippen LogP) is 2.64. The van der Waals surface area contributed by atoms with E-state index in [2.05, 4.69) is 5.32 Å². The minimum Gasteiger partial charge on any atom is -0.486 e. The van der Waals surface area contributed by atoms with Crippen molar-refractivity contribution in [3.63, 3.8) is 0 Å². The second-order valence-corrected chi connectivity index (χ2v) is 5.04. The number of carbonyl (C=O) groups is 1. The van der Waals surface area contributed by atoms with E-state index in [-0.39, 0.29) is 18.1 Å². The van der Waals surface area contributed by atoms with Crippen LogP contribution in [0.25, 0.3) is 0 Å². The summed E-state index contributed by atoms with van der Waals surface area (Å²) in [6.07, 6.45) is -0.201. The zero-order valence-electron chi connectivity index (χ0n) is 11.8. The molecular formula is C17H17NO3. The molecule has 108 valence electrons. The first kappa shape index (κ1) is 13.5. The number of ether oxygens (including phenoxy) is 2. The van der Waals surface area contributed by atoms with Crippen molar-refractivity contribution < 1.29 is 14.3 Å². The molecule has 1 amide bonds. The zero-order chi connectivity index (χ0) is 14.7. The van der Waals surface area contributed by atoms with E-state index in [1.165, 1.54) is 0 Å². The average molecular weight is 283 g/mol. The van der Waals surface area contributed by atoms with Crippen LogP contribution >= 0.6 is 0 Å². The van der Waals surface area contributed by atoms with E-state index in [1.54, 1.807) is 12.1 Å². The van der Waals surface area contributed by atoms with Crippen LogP contribution in [0, 0.1) is 0 Å². The van der Waals surface area contributed by atoms with E-state index < -0.39 is 0 Å². The molecule has 0 aliphatic carbocycles. The van der Waals surface area contributed by atoms with Crippen LogP contribution in [0.15, 0.2) is 54.6 Å². The summed E-state index contributed by atoms with van der Waals surface area (Å²) in [5.74, 6) is 1.36. The SMILES string of the molecule is C[C@@H](NC(=O)c1ccccc1)[C@H]1COc2ccccc2O1. The third kappa shape index (κ3) is 2.99. The smallest absolute Gasteiger partial charge is 0.251 e. The van der Waals surface area contributed by atoms with Gasteiger partial charge >= 0.3 is 0 Å². The molecule has 0 aromatic heterocycles. The number of benzene rings is 2. The fourth-order valence-electron chi connectivity index (χ4n) is 2.25. The van der Waals surface area contributed by atoms with Crippen LogP contribution in [-0.4, -0.2) is 24.7 Å². The number of para-hydroxylation sites is 2. The van der Waals surface area contributed by atoms with Gasteiger partial charge in [-0.05, 0) is 31.2 Å². The summed E-state index contributed by atoms with van der Waals surface area (Å²) in [5.41, 5.74) is 0.640. The molecule has 2 atom stereocenters. The first-order valence-electron chi connectivity index (χ1n) is 6.98. The highest BCUT2D eigenvalue weighted by atomic mass is 16.6. The molecule has 0 saturated carbocycles. The number of nitrogens with one attached hydrogen (secondary N) is 1. The van der Waals surface area contributed by atoms with Crippen LogP contribution in [0.2, 0.25) is 0 Å². The number of hydrogen-bond acceptors (Lipinski definition) is 3. The van der Waals surface area contributed by atoms with Gasteiger partial charge in [0, 0.05) is 5.56 Å². The van der Waals surface area contributed by atoms with Gasteiger partial charge in [0.05, 0.1) is 6.04 Å². The molecule has 1 N–H and O–H groups in total. The van der Waals surface area contributed by atoms with E-state index in [4.69, 9.17) is 9.47 Å². The lowest BCUT2D eigenvalue weighted by Gasteiger charge is -2.30. The average Bonchev–Trinajstić information content (AvgIpc) is 2.55. The molecule has 0 bridgehead atoms. The molecular weight excluding hydrogens is 266 g/mol. The van der Waals surface area contributed by atoms with E-state index in [0.29, 0.717) is 12.2 Å². The van der Waals surface area contributed by atoms with Crippen LogP contribution in [0.1, 0.15) is 17.3 Å². The van der Waals surface area contributed by atoms with Crippen molar-refractivity contribution in [1.29, 1.82) is 0 Å². The maximum atomic E-state index is 12.1. The van der Waals surface area contributed by atoms with Crippen molar-refractivity contribution in [2.75, 3.05) is 6.61 Å². The van der Waals surface area contributed by atoms with Crippen LogP contribution in [0.5, 0.6) is 11.5 Å². The monoisotopic (exact) mass is 283 g/mol. The quantitative estimate of drug-likeness (QED) is 0.942. The normalized spacial score (nSPS) is 17.9. The molecule has 1 heterocycles. The summed E-state index contributed by atoms with van der Waals surface area (Å²) >= 11 is 0. The van der Waals surface area contributed by atoms with Crippen molar-refractivity contribution in [3.05, 3.63) is 60.2 Å². The van der Waals surface area contributed by atoms with Crippen molar-refractivity contribution in [2.24, 2.45) is 0 Å². The largest absolute Gasteiger partial charge is 0.486 e. The van der Waals surface area contributed by atoms with Gasteiger partial charge in [0.15, 0.2) is 17.6 Å². The van der Waals surface area contributed by atoms with Crippen molar-refractivity contribution >= 4 is 5.91 Å². The summed E-state index contributed by atoms with van der Waals surface area (Å²) in [6.45, 7) is 2.34. The lowest BCUT2D eigenvalue weighted by molar-refractivity contribution is 0.0606. The Bertz CT molecular complexity index is 627. The highest BCUT2D eigenvalue weighted by Gasteiger charge is 2.27. The molecule has 3 rings (SSSR count). The Morgan fingerprint density at radius 2 is 1.76 bits per heavy atom. The Balaban J connectivity index is 1.64. The Morgan fingerprint density at radius 1 is 1.10 bits per heavy atom. The Hall–Kier alpha value is -2.49. The third-order valence-electron chi connectivity index (χ3n) is 3.48. The third-order valence-corrected chi connectivity index (χ3v) is 3.48. The van der Waals surface area contributed by atoms with Crippen LogP contribution < -0.4 is 14.8 Å². The van der Waals surface area contributed by atoms with Gasteiger partial charge in [-0.2, -0.15) is 0 Å². The minimum atomic E-state index is -0.201. The molecule has 0 unspecified atom stereocenters. The number of rotatable bonds is 3. The van der Waals surface area contributed by atoms with Crippen molar-refractivity contribution in [1.82, 2.24) is 5.32 Å². The number of carbonyl (C=O) groups excluding carboxylic acids is 1. The van der Waals surface area contributed by atoms with E-state index in [0.717, 1.165) is 11.5 Å². The molecule has 0 saturated heterocycles. The highest BCUT2D eigenvalue weighted by Crippen LogP contribution is 2.31. The van der Waals surface area contributed by atoms with Gasteiger partial charge in [0.25, 0.3) is 5.91 Å². The molecule has 2 aromatic rings. The Labute approximate surface area is 123 Å². The van der Waals surface area contributed by atoms with Gasteiger partial charge < -0.3 is 14.8 Å². The second-order valence-electron chi connectivity index (χ2n) is 5.04. The number of hydrogen-bond donors (Lipinski definition) is 1. The Kier molecular flexibility index (Phi) is 3.77. The first-order chi connectivity index (χ1) is 10.2. The molecule has 1 aliphatic rings. The summed E-state index contributed by atoms with van der Waals surface area (Å²) < 4.78 is 11.6. The topological polar surface area (TPSA) is 47.6 Å². The highest BCUT2D eigenvalue weighted by molar-refractivity contribution is 5.94. The molecule has 0 fully saturated rings. The molecule has 2 aromatic carbocycles.